The van der Waals surface area contributed by atoms with Gasteiger partial charge in [0.2, 0.25) is 0 Å². The number of amides is 1. The minimum atomic E-state index is -1.58. The normalized spacial score (nSPS) is 15.4. The molecule has 1 aromatic carbocycles. The number of aliphatic hydroxyl groups excluding tert-OH is 1. The first kappa shape index (κ1) is 18.0. The number of hydrogen-bond acceptors (Lipinski definition) is 5. The molecule has 6 nitrogen and oxygen atoms in total. The molecule has 0 spiro atoms. The molecule has 1 aromatic rings. The quantitative estimate of drug-likeness (QED) is 0.831. The highest BCUT2D eigenvalue weighted by Gasteiger charge is 2.42. The van der Waals surface area contributed by atoms with Crippen molar-refractivity contribution in [1.82, 2.24) is 5.32 Å². The number of carbonyl (C=O) groups excluding carboxylic acids is 2. The summed E-state index contributed by atoms with van der Waals surface area (Å²) < 4.78 is 9.79. The van der Waals surface area contributed by atoms with Crippen molar-refractivity contribution in [2.75, 3.05) is 7.11 Å². The van der Waals surface area contributed by atoms with Crippen molar-refractivity contribution in [3.05, 3.63) is 35.9 Å². The standard InChI is InChI=1S/C16H23NO5/c1-15(2,3)22-14(20)17-16(4,12(18)13(19)21-5)11-9-7-6-8-10-11/h6-10,12,18H,1-5H3,(H,17,20)/t12-,16+/m0/s1. The molecule has 0 aliphatic heterocycles. The fourth-order valence-electron chi connectivity index (χ4n) is 1.95. The van der Waals surface area contributed by atoms with E-state index in [1.165, 1.54) is 14.0 Å². The summed E-state index contributed by atoms with van der Waals surface area (Å²) in [6.45, 7) is 6.71. The van der Waals surface area contributed by atoms with Crippen LogP contribution in [0.1, 0.15) is 33.3 Å². The molecule has 0 saturated carbocycles. The van der Waals surface area contributed by atoms with E-state index >= 15 is 0 Å². The predicted octanol–water partition coefficient (Wildman–Crippen LogP) is 1.96. The summed E-state index contributed by atoms with van der Waals surface area (Å²) >= 11 is 0. The lowest BCUT2D eigenvalue weighted by atomic mass is 9.86. The predicted molar refractivity (Wildman–Crippen MR) is 81.2 cm³/mol. The summed E-state index contributed by atoms with van der Waals surface area (Å²) in [5.41, 5.74) is -1.52. The van der Waals surface area contributed by atoms with Crippen LogP contribution in [0.3, 0.4) is 0 Å². The van der Waals surface area contributed by atoms with Crippen LogP contribution in [0.15, 0.2) is 30.3 Å². The Hall–Kier alpha value is -2.08. The largest absolute Gasteiger partial charge is 0.467 e. The van der Waals surface area contributed by atoms with E-state index in [2.05, 4.69) is 10.1 Å². The topological polar surface area (TPSA) is 84.9 Å². The second kappa shape index (κ2) is 6.79. The van der Waals surface area contributed by atoms with E-state index in [9.17, 15) is 14.7 Å². The fourth-order valence-corrected chi connectivity index (χ4v) is 1.95. The highest BCUT2D eigenvalue weighted by Crippen LogP contribution is 2.26. The van der Waals surface area contributed by atoms with Crippen molar-refractivity contribution < 1.29 is 24.2 Å². The number of alkyl carbamates (subject to hydrolysis) is 1. The van der Waals surface area contributed by atoms with Gasteiger partial charge in [-0.1, -0.05) is 30.3 Å². The summed E-state index contributed by atoms with van der Waals surface area (Å²) in [7, 11) is 1.17. The summed E-state index contributed by atoms with van der Waals surface area (Å²) in [5, 5.41) is 12.9. The number of esters is 1. The molecular weight excluding hydrogens is 286 g/mol. The maximum Gasteiger partial charge on any atom is 0.408 e. The molecule has 2 N–H and O–H groups in total. The summed E-state index contributed by atoms with van der Waals surface area (Å²) in [5.74, 6) is -0.845. The molecule has 0 radical (unpaired) electrons. The number of rotatable bonds is 4. The molecule has 0 heterocycles. The molecule has 0 aliphatic carbocycles. The fraction of sp³-hybridized carbons (Fsp3) is 0.500. The first-order valence-electron chi connectivity index (χ1n) is 6.93. The van der Waals surface area contributed by atoms with Gasteiger partial charge in [0.1, 0.15) is 11.1 Å². The summed E-state index contributed by atoms with van der Waals surface area (Å²) in [6.07, 6.45) is -2.31. The number of nitrogens with one attached hydrogen (secondary N) is 1. The van der Waals surface area contributed by atoms with E-state index in [-0.39, 0.29) is 0 Å². The van der Waals surface area contributed by atoms with E-state index in [1.54, 1.807) is 51.1 Å². The maximum absolute atomic E-state index is 12.1. The van der Waals surface area contributed by atoms with Crippen LogP contribution >= 0.6 is 0 Å². The zero-order valence-corrected chi connectivity index (χ0v) is 13.5. The second-order valence-electron chi connectivity index (χ2n) is 6.12. The van der Waals surface area contributed by atoms with E-state index in [1.807, 2.05) is 0 Å². The van der Waals surface area contributed by atoms with Gasteiger partial charge in [-0.25, -0.2) is 9.59 Å². The minimum absolute atomic E-state index is 0.554. The Morgan fingerprint density at radius 1 is 1.14 bits per heavy atom. The second-order valence-corrected chi connectivity index (χ2v) is 6.12. The SMILES string of the molecule is COC(=O)[C@H](O)[C@](C)(NC(=O)OC(C)(C)C)c1ccccc1. The maximum atomic E-state index is 12.1. The number of ether oxygens (including phenoxy) is 2. The molecule has 1 amide bonds. The molecule has 0 saturated heterocycles. The van der Waals surface area contributed by atoms with Gasteiger partial charge in [-0.3, -0.25) is 0 Å². The van der Waals surface area contributed by atoms with Crippen molar-refractivity contribution in [3.8, 4) is 0 Å². The molecule has 6 heteroatoms. The van der Waals surface area contributed by atoms with Gasteiger partial charge in [0.15, 0.2) is 6.10 Å². The Kier molecular flexibility index (Phi) is 5.54. The van der Waals surface area contributed by atoms with Crippen molar-refractivity contribution in [2.24, 2.45) is 0 Å². The van der Waals surface area contributed by atoms with Crippen LogP contribution in [0.25, 0.3) is 0 Å². The van der Waals surface area contributed by atoms with Crippen molar-refractivity contribution in [3.63, 3.8) is 0 Å². The number of hydrogen-bond donors (Lipinski definition) is 2. The van der Waals surface area contributed by atoms with E-state index < -0.39 is 29.3 Å². The molecule has 0 fully saturated rings. The van der Waals surface area contributed by atoms with Gasteiger partial charge in [-0.05, 0) is 33.3 Å². The Bertz CT molecular complexity index is 523. The molecule has 0 aliphatic rings. The van der Waals surface area contributed by atoms with E-state index in [0.717, 1.165) is 0 Å². The third-order valence-electron chi connectivity index (χ3n) is 3.11. The lowest BCUT2D eigenvalue weighted by molar-refractivity contribution is -0.155. The highest BCUT2D eigenvalue weighted by atomic mass is 16.6. The van der Waals surface area contributed by atoms with Crippen LogP contribution in [0.5, 0.6) is 0 Å². The van der Waals surface area contributed by atoms with E-state index in [0.29, 0.717) is 5.56 Å². The van der Waals surface area contributed by atoms with E-state index in [4.69, 9.17) is 4.74 Å². The van der Waals surface area contributed by atoms with Crippen LogP contribution in [-0.4, -0.2) is 36.0 Å². The third kappa shape index (κ3) is 4.46. The first-order valence-corrected chi connectivity index (χ1v) is 6.93. The number of aliphatic hydroxyl groups is 1. The molecule has 0 aromatic heterocycles. The smallest absolute Gasteiger partial charge is 0.408 e. The number of methoxy groups -OCH3 is 1. The number of benzene rings is 1. The molecule has 122 valence electrons. The van der Waals surface area contributed by atoms with Gasteiger partial charge in [0.05, 0.1) is 7.11 Å². The van der Waals surface area contributed by atoms with Crippen LogP contribution in [0.4, 0.5) is 4.79 Å². The third-order valence-corrected chi connectivity index (χ3v) is 3.11. The molecule has 2 atom stereocenters. The monoisotopic (exact) mass is 309 g/mol. The average Bonchev–Trinajstić information content (AvgIpc) is 2.44. The van der Waals surface area contributed by atoms with Gasteiger partial charge < -0.3 is 19.9 Å². The summed E-state index contributed by atoms with van der Waals surface area (Å²) in [4.78, 5) is 23.8. The van der Waals surface area contributed by atoms with Crippen LogP contribution in [-0.2, 0) is 19.8 Å². The van der Waals surface area contributed by atoms with Crippen molar-refractivity contribution >= 4 is 12.1 Å². The van der Waals surface area contributed by atoms with Gasteiger partial charge >= 0.3 is 12.1 Å². The van der Waals surface area contributed by atoms with Gasteiger partial charge in [-0.15, -0.1) is 0 Å². The number of carbonyl (C=O) groups is 2. The van der Waals surface area contributed by atoms with Gasteiger partial charge in [0, 0.05) is 0 Å². The van der Waals surface area contributed by atoms with Crippen LogP contribution < -0.4 is 5.32 Å². The average molecular weight is 309 g/mol. The van der Waals surface area contributed by atoms with Gasteiger partial charge in [0.25, 0.3) is 0 Å². The van der Waals surface area contributed by atoms with Crippen molar-refractivity contribution in [2.45, 2.75) is 44.9 Å². The Morgan fingerprint density at radius 3 is 2.14 bits per heavy atom. The Labute approximate surface area is 130 Å². The lowest BCUT2D eigenvalue weighted by Crippen LogP contribution is -2.56. The summed E-state index contributed by atoms with van der Waals surface area (Å²) in [6, 6.07) is 8.68. The first-order chi connectivity index (χ1) is 10.1. The Morgan fingerprint density at radius 2 is 1.68 bits per heavy atom. The molecule has 22 heavy (non-hydrogen) atoms. The van der Waals surface area contributed by atoms with Crippen LogP contribution in [0, 0.1) is 0 Å². The zero-order valence-electron chi connectivity index (χ0n) is 13.5. The Balaban J connectivity index is 3.12. The molecule has 0 bridgehead atoms. The van der Waals surface area contributed by atoms with Crippen molar-refractivity contribution in [1.29, 1.82) is 0 Å². The molecule has 0 unspecified atom stereocenters. The minimum Gasteiger partial charge on any atom is -0.467 e. The van der Waals surface area contributed by atoms with Gasteiger partial charge in [-0.2, -0.15) is 0 Å². The lowest BCUT2D eigenvalue weighted by Gasteiger charge is -2.35. The molecular formula is C16H23NO5. The highest BCUT2D eigenvalue weighted by molar-refractivity contribution is 5.78. The zero-order chi connectivity index (χ0) is 17.0. The van der Waals surface area contributed by atoms with Crippen LogP contribution in [0.2, 0.25) is 0 Å². The molecule has 1 rings (SSSR count).